The predicted octanol–water partition coefficient (Wildman–Crippen LogP) is 1.57. The molecule has 0 aliphatic heterocycles. The van der Waals surface area contributed by atoms with Gasteiger partial charge >= 0.3 is 0 Å². The quantitative estimate of drug-likeness (QED) is 0.728. The van der Waals surface area contributed by atoms with E-state index in [-0.39, 0.29) is 0 Å². The van der Waals surface area contributed by atoms with Gasteiger partial charge in [-0.1, -0.05) is 6.92 Å². The highest BCUT2D eigenvalue weighted by Gasteiger charge is 2.01. The number of hydrogen-bond acceptors (Lipinski definition) is 3. The van der Waals surface area contributed by atoms with Gasteiger partial charge in [0.05, 0.1) is 6.20 Å². The van der Waals surface area contributed by atoms with Gasteiger partial charge in [0.1, 0.15) is 0 Å². The van der Waals surface area contributed by atoms with E-state index in [2.05, 4.69) is 24.3 Å². The van der Waals surface area contributed by atoms with Crippen LogP contribution in [0.5, 0.6) is 0 Å². The van der Waals surface area contributed by atoms with Gasteiger partial charge in [-0.05, 0) is 12.7 Å². The maximum atomic E-state index is 4.20. The minimum atomic E-state index is 0.934. The van der Waals surface area contributed by atoms with Gasteiger partial charge in [-0.25, -0.2) is 0 Å². The van der Waals surface area contributed by atoms with Crippen LogP contribution in [0.4, 0.5) is 0 Å². The third kappa shape index (κ3) is 3.35. The number of hydrogen-bond donors (Lipinski definition) is 1. The van der Waals surface area contributed by atoms with Crippen LogP contribution in [0.3, 0.4) is 0 Å². The molecule has 0 spiro atoms. The Labute approximate surface area is 90.3 Å². The van der Waals surface area contributed by atoms with Crippen molar-refractivity contribution in [1.29, 1.82) is 0 Å². The molecule has 14 heavy (non-hydrogen) atoms. The monoisotopic (exact) mass is 213 g/mol. The van der Waals surface area contributed by atoms with Crippen molar-refractivity contribution in [3.8, 4) is 0 Å². The molecule has 1 rings (SSSR count). The average Bonchev–Trinajstić information content (AvgIpc) is 2.49. The molecule has 4 heteroatoms. The summed E-state index contributed by atoms with van der Waals surface area (Å²) < 4.78 is 1.91. The number of nitrogens with zero attached hydrogens (tertiary/aromatic N) is 2. The molecule has 0 aromatic carbocycles. The summed E-state index contributed by atoms with van der Waals surface area (Å²) in [6, 6.07) is 0. The number of nitrogens with one attached hydrogen (secondary N) is 1. The molecule has 0 fully saturated rings. The number of rotatable bonds is 6. The van der Waals surface area contributed by atoms with Crippen molar-refractivity contribution < 1.29 is 0 Å². The number of thioether (sulfide) groups is 1. The SMILES string of the molecule is CCSCCNCc1cnn(C)c1C. The van der Waals surface area contributed by atoms with Gasteiger partial charge in [-0.15, -0.1) is 0 Å². The first kappa shape index (κ1) is 11.6. The largest absolute Gasteiger partial charge is 0.312 e. The van der Waals surface area contributed by atoms with Crippen LogP contribution in [0.15, 0.2) is 6.20 Å². The molecule has 0 radical (unpaired) electrons. The van der Waals surface area contributed by atoms with E-state index in [0.29, 0.717) is 0 Å². The molecular weight excluding hydrogens is 194 g/mol. The van der Waals surface area contributed by atoms with Gasteiger partial charge in [0.25, 0.3) is 0 Å². The zero-order valence-corrected chi connectivity index (χ0v) is 10.0. The topological polar surface area (TPSA) is 29.9 Å². The van der Waals surface area contributed by atoms with Gasteiger partial charge in [0.15, 0.2) is 0 Å². The van der Waals surface area contributed by atoms with Crippen molar-refractivity contribution in [2.75, 3.05) is 18.1 Å². The van der Waals surface area contributed by atoms with Crippen molar-refractivity contribution in [3.63, 3.8) is 0 Å². The second-order valence-corrected chi connectivity index (χ2v) is 4.65. The van der Waals surface area contributed by atoms with Crippen LogP contribution >= 0.6 is 11.8 Å². The first-order chi connectivity index (χ1) is 6.75. The first-order valence-electron chi connectivity index (χ1n) is 5.01. The lowest BCUT2D eigenvalue weighted by atomic mass is 10.2. The molecule has 0 bridgehead atoms. The van der Waals surface area contributed by atoms with Crippen LogP contribution in [0, 0.1) is 6.92 Å². The van der Waals surface area contributed by atoms with Crippen molar-refractivity contribution in [1.82, 2.24) is 15.1 Å². The van der Waals surface area contributed by atoms with Crippen LogP contribution in [0.1, 0.15) is 18.2 Å². The molecular formula is C10H19N3S. The van der Waals surface area contributed by atoms with E-state index >= 15 is 0 Å². The molecule has 0 unspecified atom stereocenters. The van der Waals surface area contributed by atoms with Crippen LogP contribution in [0.25, 0.3) is 0 Å². The molecule has 1 aromatic heterocycles. The fourth-order valence-corrected chi connectivity index (χ4v) is 1.81. The lowest BCUT2D eigenvalue weighted by Gasteiger charge is -2.03. The Bertz CT molecular complexity index is 270. The molecule has 0 amide bonds. The maximum Gasteiger partial charge on any atom is 0.0537 e. The minimum Gasteiger partial charge on any atom is -0.312 e. The second-order valence-electron chi connectivity index (χ2n) is 3.25. The zero-order chi connectivity index (χ0) is 10.4. The molecule has 3 nitrogen and oxygen atoms in total. The normalized spacial score (nSPS) is 10.8. The molecule has 1 N–H and O–H groups in total. The van der Waals surface area contributed by atoms with E-state index < -0.39 is 0 Å². The highest BCUT2D eigenvalue weighted by Crippen LogP contribution is 2.04. The van der Waals surface area contributed by atoms with Crippen LogP contribution in [-0.2, 0) is 13.6 Å². The molecule has 0 atom stereocenters. The van der Waals surface area contributed by atoms with Crippen molar-refractivity contribution in [2.24, 2.45) is 7.05 Å². The molecule has 1 heterocycles. The van der Waals surface area contributed by atoms with E-state index in [9.17, 15) is 0 Å². The van der Waals surface area contributed by atoms with Crippen molar-refractivity contribution in [2.45, 2.75) is 20.4 Å². The van der Waals surface area contributed by atoms with E-state index in [1.165, 1.54) is 22.8 Å². The molecule has 0 aliphatic carbocycles. The summed E-state index contributed by atoms with van der Waals surface area (Å²) >= 11 is 1.97. The highest BCUT2D eigenvalue weighted by atomic mass is 32.2. The Hall–Kier alpha value is -0.480. The summed E-state index contributed by atoms with van der Waals surface area (Å²) in [5, 5.41) is 7.62. The van der Waals surface area contributed by atoms with Gasteiger partial charge < -0.3 is 5.32 Å². The first-order valence-corrected chi connectivity index (χ1v) is 6.17. The van der Waals surface area contributed by atoms with E-state index in [1.807, 2.05) is 29.7 Å². The van der Waals surface area contributed by atoms with Crippen LogP contribution in [-0.4, -0.2) is 27.8 Å². The lowest BCUT2D eigenvalue weighted by Crippen LogP contribution is -2.17. The summed E-state index contributed by atoms with van der Waals surface area (Å²) in [6.45, 7) is 6.30. The molecule has 80 valence electrons. The van der Waals surface area contributed by atoms with Crippen LogP contribution in [0.2, 0.25) is 0 Å². The predicted molar refractivity (Wildman–Crippen MR) is 62.7 cm³/mol. The Morgan fingerprint density at radius 2 is 2.36 bits per heavy atom. The summed E-state index contributed by atoms with van der Waals surface area (Å²) in [5.41, 5.74) is 2.55. The molecule has 1 aromatic rings. The van der Waals surface area contributed by atoms with Crippen LogP contribution < -0.4 is 5.32 Å². The third-order valence-corrected chi connectivity index (χ3v) is 3.18. The average molecular weight is 213 g/mol. The zero-order valence-electron chi connectivity index (χ0n) is 9.21. The molecule has 0 aliphatic rings. The van der Waals surface area contributed by atoms with E-state index in [1.54, 1.807) is 0 Å². The standard InChI is InChI=1S/C10H19N3S/c1-4-14-6-5-11-7-10-8-12-13(3)9(10)2/h8,11H,4-7H2,1-3H3. The van der Waals surface area contributed by atoms with Gasteiger partial charge in [-0.2, -0.15) is 16.9 Å². The summed E-state index contributed by atoms with van der Waals surface area (Å²) in [4.78, 5) is 0. The number of aromatic nitrogens is 2. The van der Waals surface area contributed by atoms with Gasteiger partial charge in [0, 0.05) is 37.1 Å². The molecule has 0 saturated carbocycles. The van der Waals surface area contributed by atoms with E-state index in [0.717, 1.165) is 13.1 Å². The lowest BCUT2D eigenvalue weighted by molar-refractivity contribution is 0.713. The Morgan fingerprint density at radius 3 is 2.93 bits per heavy atom. The fourth-order valence-electron chi connectivity index (χ4n) is 1.23. The van der Waals surface area contributed by atoms with Gasteiger partial charge in [0.2, 0.25) is 0 Å². The van der Waals surface area contributed by atoms with E-state index in [4.69, 9.17) is 0 Å². The third-order valence-electron chi connectivity index (χ3n) is 2.28. The second kappa shape index (κ2) is 6.09. The number of aryl methyl sites for hydroxylation is 1. The molecule has 0 saturated heterocycles. The Balaban J connectivity index is 2.21. The summed E-state index contributed by atoms with van der Waals surface area (Å²) in [5.74, 6) is 2.39. The fraction of sp³-hybridized carbons (Fsp3) is 0.700. The smallest absolute Gasteiger partial charge is 0.0537 e. The summed E-state index contributed by atoms with van der Waals surface area (Å²) in [6.07, 6.45) is 1.94. The highest BCUT2D eigenvalue weighted by molar-refractivity contribution is 7.99. The minimum absolute atomic E-state index is 0.934. The van der Waals surface area contributed by atoms with Crippen molar-refractivity contribution in [3.05, 3.63) is 17.5 Å². The maximum absolute atomic E-state index is 4.20. The Morgan fingerprint density at radius 1 is 1.57 bits per heavy atom. The summed E-state index contributed by atoms with van der Waals surface area (Å²) in [7, 11) is 1.98. The van der Waals surface area contributed by atoms with Crippen molar-refractivity contribution >= 4 is 11.8 Å². The van der Waals surface area contributed by atoms with Gasteiger partial charge in [-0.3, -0.25) is 4.68 Å². The Kier molecular flexibility index (Phi) is 5.04.